The third-order valence-corrected chi connectivity index (χ3v) is 7.95. The topological polar surface area (TPSA) is 78.5 Å². The van der Waals surface area contributed by atoms with Crippen LogP contribution in [0.25, 0.3) is 11.1 Å². The van der Waals surface area contributed by atoms with Crippen molar-refractivity contribution in [2.24, 2.45) is 5.92 Å². The van der Waals surface area contributed by atoms with Gasteiger partial charge in [-0.05, 0) is 47.9 Å². The Bertz CT molecular complexity index is 1350. The highest BCUT2D eigenvalue weighted by Gasteiger charge is 2.45. The molecule has 0 spiro atoms. The number of rotatable bonds is 8. The maximum Gasteiger partial charge on any atom is 0.254 e. The number of para-hydroxylation sites is 1. The van der Waals surface area contributed by atoms with Crippen LogP contribution in [0, 0.1) is 5.92 Å². The molecule has 1 saturated carbocycles. The van der Waals surface area contributed by atoms with Gasteiger partial charge in [0.15, 0.2) is 0 Å². The minimum Gasteiger partial charge on any atom is -0.342 e. The lowest BCUT2D eigenvalue weighted by molar-refractivity contribution is -0.135. The van der Waals surface area contributed by atoms with Gasteiger partial charge < -0.3 is 15.5 Å². The lowest BCUT2D eigenvalue weighted by Gasteiger charge is -2.32. The Balaban J connectivity index is 1.50. The van der Waals surface area contributed by atoms with Crippen LogP contribution in [0.15, 0.2) is 78.9 Å². The molecule has 0 radical (unpaired) electrons. The van der Waals surface area contributed by atoms with Crippen molar-refractivity contribution in [2.45, 2.75) is 70.5 Å². The molecule has 1 aliphatic carbocycles. The Kier molecular flexibility index (Phi) is 7.82. The molecular weight excluding hydrogens is 486 g/mol. The fourth-order valence-corrected chi connectivity index (χ4v) is 5.81. The van der Waals surface area contributed by atoms with E-state index in [0.29, 0.717) is 31.7 Å². The van der Waals surface area contributed by atoms with Crippen LogP contribution in [0.4, 0.5) is 5.69 Å². The standard InChI is InChI=1S/C33H37N3O3/c1-23(2)18-19-29(37)35-33(20-10-11-21-33)32(39)34-30-27-16-7-6-14-25(27)26-15-8-9-17-28(26)36(31(30)38)22-24-12-4-3-5-13-24/h3-9,12-17,23,30H,10-11,18-22H2,1-2H3,(H,34,39)(H,35,37). The zero-order valence-corrected chi connectivity index (χ0v) is 22.8. The molecule has 3 aromatic rings. The Morgan fingerprint density at radius 1 is 0.897 bits per heavy atom. The van der Waals surface area contributed by atoms with Gasteiger partial charge in [0.05, 0.1) is 12.2 Å². The summed E-state index contributed by atoms with van der Waals surface area (Å²) in [6, 6.07) is 24.7. The van der Waals surface area contributed by atoms with Crippen LogP contribution < -0.4 is 15.5 Å². The smallest absolute Gasteiger partial charge is 0.254 e. The van der Waals surface area contributed by atoms with Crippen molar-refractivity contribution in [1.29, 1.82) is 0 Å². The zero-order valence-electron chi connectivity index (χ0n) is 22.8. The van der Waals surface area contributed by atoms with Crippen LogP contribution in [0.3, 0.4) is 0 Å². The monoisotopic (exact) mass is 523 g/mol. The summed E-state index contributed by atoms with van der Waals surface area (Å²) in [5.74, 6) is -0.173. The van der Waals surface area contributed by atoms with Gasteiger partial charge in [0.25, 0.3) is 5.91 Å². The van der Waals surface area contributed by atoms with Crippen molar-refractivity contribution in [3.63, 3.8) is 0 Å². The molecule has 3 aromatic carbocycles. The van der Waals surface area contributed by atoms with Gasteiger partial charge in [-0.25, -0.2) is 0 Å². The molecule has 39 heavy (non-hydrogen) atoms. The molecule has 6 nitrogen and oxygen atoms in total. The van der Waals surface area contributed by atoms with Crippen LogP contribution >= 0.6 is 0 Å². The lowest BCUT2D eigenvalue weighted by Crippen LogP contribution is -2.58. The Hall–Kier alpha value is -3.93. The number of nitrogens with one attached hydrogen (secondary N) is 2. The van der Waals surface area contributed by atoms with Gasteiger partial charge >= 0.3 is 0 Å². The van der Waals surface area contributed by atoms with E-state index in [4.69, 9.17) is 0 Å². The highest BCUT2D eigenvalue weighted by Crippen LogP contribution is 2.41. The van der Waals surface area contributed by atoms with Crippen LogP contribution in [-0.2, 0) is 20.9 Å². The molecule has 5 rings (SSSR count). The minimum absolute atomic E-state index is 0.105. The fraction of sp³-hybridized carbons (Fsp3) is 0.364. The summed E-state index contributed by atoms with van der Waals surface area (Å²) < 4.78 is 0. The Morgan fingerprint density at radius 3 is 2.26 bits per heavy atom. The predicted octanol–water partition coefficient (Wildman–Crippen LogP) is 5.92. The maximum atomic E-state index is 14.4. The molecule has 2 N–H and O–H groups in total. The summed E-state index contributed by atoms with van der Waals surface area (Å²) in [6.45, 7) is 4.55. The van der Waals surface area contributed by atoms with Crippen molar-refractivity contribution >= 4 is 23.4 Å². The first kappa shape index (κ1) is 26.7. The summed E-state index contributed by atoms with van der Waals surface area (Å²) in [5, 5.41) is 6.21. The molecule has 1 unspecified atom stereocenters. The van der Waals surface area contributed by atoms with E-state index in [1.807, 2.05) is 78.9 Å². The molecule has 0 aromatic heterocycles. The normalized spacial score (nSPS) is 17.8. The summed E-state index contributed by atoms with van der Waals surface area (Å²) in [4.78, 5) is 43.0. The molecular formula is C33H37N3O3. The van der Waals surface area contributed by atoms with E-state index in [0.717, 1.165) is 47.2 Å². The fourth-order valence-electron chi connectivity index (χ4n) is 5.81. The Morgan fingerprint density at radius 2 is 1.54 bits per heavy atom. The van der Waals surface area contributed by atoms with Gasteiger partial charge in [-0.3, -0.25) is 14.4 Å². The molecule has 0 saturated heterocycles. The van der Waals surface area contributed by atoms with Crippen LogP contribution in [0.5, 0.6) is 0 Å². The van der Waals surface area contributed by atoms with Gasteiger partial charge in [-0.2, -0.15) is 0 Å². The number of benzene rings is 3. The van der Waals surface area contributed by atoms with E-state index in [1.165, 1.54) is 0 Å². The number of hydrogen-bond acceptors (Lipinski definition) is 3. The average Bonchev–Trinajstić information content (AvgIpc) is 3.40. The van der Waals surface area contributed by atoms with E-state index in [2.05, 4.69) is 24.5 Å². The Labute approximate surface area is 230 Å². The largest absolute Gasteiger partial charge is 0.342 e. The number of nitrogens with zero attached hydrogens (tertiary/aromatic N) is 1. The summed E-state index contributed by atoms with van der Waals surface area (Å²) in [5.41, 5.74) is 3.45. The second-order valence-corrected chi connectivity index (χ2v) is 11.2. The highest BCUT2D eigenvalue weighted by molar-refractivity contribution is 6.07. The molecule has 0 bridgehead atoms. The van der Waals surface area contributed by atoms with E-state index in [-0.39, 0.29) is 17.7 Å². The second kappa shape index (κ2) is 11.4. The number of carbonyl (C=O) groups excluding carboxylic acids is 3. The third kappa shape index (κ3) is 5.60. The van der Waals surface area contributed by atoms with Crippen molar-refractivity contribution in [3.8, 4) is 11.1 Å². The first-order valence-electron chi connectivity index (χ1n) is 14.0. The van der Waals surface area contributed by atoms with Crippen molar-refractivity contribution in [1.82, 2.24) is 10.6 Å². The summed E-state index contributed by atoms with van der Waals surface area (Å²) >= 11 is 0. The van der Waals surface area contributed by atoms with Crippen molar-refractivity contribution < 1.29 is 14.4 Å². The second-order valence-electron chi connectivity index (χ2n) is 11.2. The highest BCUT2D eigenvalue weighted by atomic mass is 16.2. The molecule has 3 amide bonds. The van der Waals surface area contributed by atoms with E-state index in [9.17, 15) is 14.4 Å². The van der Waals surface area contributed by atoms with Gasteiger partial charge in [-0.1, -0.05) is 99.5 Å². The van der Waals surface area contributed by atoms with Gasteiger partial charge in [-0.15, -0.1) is 0 Å². The van der Waals surface area contributed by atoms with E-state index in [1.54, 1.807) is 4.90 Å². The van der Waals surface area contributed by atoms with E-state index < -0.39 is 11.6 Å². The minimum atomic E-state index is -0.993. The van der Waals surface area contributed by atoms with E-state index >= 15 is 0 Å². The number of fused-ring (bicyclic) bond motifs is 3. The number of hydrogen-bond donors (Lipinski definition) is 2. The summed E-state index contributed by atoms with van der Waals surface area (Å²) in [7, 11) is 0. The zero-order chi connectivity index (χ0) is 27.4. The summed E-state index contributed by atoms with van der Waals surface area (Å²) in [6.07, 6.45) is 4.02. The SMILES string of the molecule is CC(C)CCC(=O)NC1(C(=O)NC2C(=O)N(Cc3ccccc3)c3ccccc3-c3ccccc32)CCCC1. The first-order chi connectivity index (χ1) is 18.9. The number of anilines is 1. The predicted molar refractivity (Wildman–Crippen MR) is 154 cm³/mol. The average molecular weight is 524 g/mol. The van der Waals surface area contributed by atoms with Crippen molar-refractivity contribution in [3.05, 3.63) is 90.0 Å². The molecule has 202 valence electrons. The van der Waals surface area contributed by atoms with Gasteiger partial charge in [0.2, 0.25) is 11.8 Å². The van der Waals surface area contributed by atoms with Crippen LogP contribution in [-0.4, -0.2) is 23.3 Å². The molecule has 1 aliphatic heterocycles. The number of carbonyl (C=O) groups is 3. The quantitative estimate of drug-likeness (QED) is 0.385. The lowest BCUT2D eigenvalue weighted by atomic mass is 9.92. The molecule has 1 fully saturated rings. The van der Waals surface area contributed by atoms with Gasteiger partial charge in [0.1, 0.15) is 11.6 Å². The maximum absolute atomic E-state index is 14.4. The number of amides is 3. The third-order valence-electron chi connectivity index (χ3n) is 7.95. The first-order valence-corrected chi connectivity index (χ1v) is 14.0. The van der Waals surface area contributed by atoms with Crippen molar-refractivity contribution in [2.75, 3.05) is 4.90 Å². The molecule has 2 aliphatic rings. The molecule has 1 heterocycles. The van der Waals surface area contributed by atoms with Crippen LogP contribution in [0.2, 0.25) is 0 Å². The van der Waals surface area contributed by atoms with Crippen LogP contribution in [0.1, 0.15) is 69.5 Å². The molecule has 6 heteroatoms. The van der Waals surface area contributed by atoms with Gasteiger partial charge in [0, 0.05) is 12.0 Å². The molecule has 1 atom stereocenters.